The second kappa shape index (κ2) is 6.35. The average molecular weight is 322 g/mol. The van der Waals surface area contributed by atoms with Gasteiger partial charge in [0, 0.05) is 22.9 Å². The molecule has 2 rings (SSSR count). The second-order valence-corrected chi connectivity index (χ2v) is 4.87. The van der Waals surface area contributed by atoms with Crippen LogP contribution in [0.1, 0.15) is 16.8 Å². The number of aryl methyl sites for hydroxylation is 1. The molecule has 0 saturated carbocycles. The molecule has 0 bridgehead atoms. The van der Waals surface area contributed by atoms with Crippen molar-refractivity contribution in [2.45, 2.75) is 13.8 Å². The summed E-state index contributed by atoms with van der Waals surface area (Å²) < 4.78 is 0. The Morgan fingerprint density at radius 2 is 2.18 bits per heavy atom. The summed E-state index contributed by atoms with van der Waals surface area (Å²) in [5.74, 6) is 0.188. The van der Waals surface area contributed by atoms with Gasteiger partial charge >= 0.3 is 0 Å². The minimum Gasteiger partial charge on any atom is -0.291 e. The van der Waals surface area contributed by atoms with Crippen LogP contribution in [0.2, 0.25) is 5.02 Å². The monoisotopic (exact) mass is 321 g/mol. The van der Waals surface area contributed by atoms with E-state index in [0.29, 0.717) is 16.8 Å². The molecule has 22 heavy (non-hydrogen) atoms. The van der Waals surface area contributed by atoms with Crippen LogP contribution >= 0.6 is 11.6 Å². The Hall–Kier alpha value is -2.74. The minimum atomic E-state index is -0.574. The van der Waals surface area contributed by atoms with E-state index in [9.17, 15) is 14.9 Å². The first kappa shape index (κ1) is 15.6. The molecule has 0 amide bonds. The Morgan fingerprint density at radius 3 is 2.82 bits per heavy atom. The number of hydrazone groups is 1. The summed E-state index contributed by atoms with van der Waals surface area (Å²) in [6, 6.07) is 4.29. The Bertz CT molecular complexity index is 816. The Labute approximate surface area is 130 Å². The molecule has 0 spiro atoms. The summed E-state index contributed by atoms with van der Waals surface area (Å²) >= 11 is 5.72. The summed E-state index contributed by atoms with van der Waals surface area (Å²) in [6.45, 7) is 3.38. The quantitative estimate of drug-likeness (QED) is 0.510. The highest BCUT2D eigenvalue weighted by molar-refractivity contribution is 6.32. The molecule has 0 aliphatic rings. The number of anilines is 1. The third-order valence-corrected chi connectivity index (χ3v) is 3.27. The maximum atomic E-state index is 11.6. The molecule has 0 radical (unpaired) electrons. The van der Waals surface area contributed by atoms with E-state index in [1.807, 2.05) is 0 Å². The van der Waals surface area contributed by atoms with Gasteiger partial charge in [-0.05, 0) is 19.9 Å². The van der Waals surface area contributed by atoms with Crippen LogP contribution in [0.15, 0.2) is 28.1 Å². The van der Waals surface area contributed by atoms with Crippen LogP contribution in [0.4, 0.5) is 11.6 Å². The lowest BCUT2D eigenvalue weighted by Crippen LogP contribution is -2.15. The van der Waals surface area contributed by atoms with Gasteiger partial charge in [0.25, 0.3) is 11.2 Å². The molecule has 1 aromatic heterocycles. The van der Waals surface area contributed by atoms with Crippen LogP contribution in [-0.2, 0) is 0 Å². The first-order chi connectivity index (χ1) is 10.4. The lowest BCUT2D eigenvalue weighted by atomic mass is 10.2. The van der Waals surface area contributed by atoms with E-state index < -0.39 is 4.92 Å². The van der Waals surface area contributed by atoms with E-state index in [-0.39, 0.29) is 22.2 Å². The Kier molecular flexibility index (Phi) is 4.52. The minimum absolute atomic E-state index is 0.0512. The van der Waals surface area contributed by atoms with Crippen molar-refractivity contribution in [1.82, 2.24) is 9.97 Å². The van der Waals surface area contributed by atoms with Crippen molar-refractivity contribution in [2.75, 3.05) is 5.43 Å². The predicted octanol–water partition coefficient (Wildman–Crippen LogP) is 2.39. The normalized spacial score (nSPS) is 10.9. The Morgan fingerprint density at radius 1 is 1.45 bits per heavy atom. The van der Waals surface area contributed by atoms with Crippen LogP contribution in [-0.4, -0.2) is 21.1 Å². The summed E-state index contributed by atoms with van der Waals surface area (Å²) in [4.78, 5) is 28.4. The van der Waals surface area contributed by atoms with E-state index >= 15 is 0 Å². The van der Waals surface area contributed by atoms with Gasteiger partial charge in [-0.2, -0.15) is 5.10 Å². The number of nitro benzene ring substituents is 1. The molecule has 0 saturated heterocycles. The number of nitrogens with zero attached hydrogens (tertiary/aromatic N) is 3. The number of aromatic nitrogens is 2. The number of hydrogen-bond donors (Lipinski definition) is 2. The number of halogens is 1. The number of nitrogens with one attached hydrogen (secondary N) is 2. The molecule has 8 nitrogen and oxygen atoms in total. The molecule has 0 atom stereocenters. The molecule has 0 aliphatic carbocycles. The molecule has 0 unspecified atom stereocenters. The van der Waals surface area contributed by atoms with Crippen LogP contribution in [0.3, 0.4) is 0 Å². The molecule has 0 aliphatic heterocycles. The fourth-order valence-corrected chi connectivity index (χ4v) is 1.80. The van der Waals surface area contributed by atoms with Crippen molar-refractivity contribution in [3.8, 4) is 0 Å². The van der Waals surface area contributed by atoms with Crippen LogP contribution in [0.25, 0.3) is 0 Å². The van der Waals surface area contributed by atoms with Gasteiger partial charge in [-0.15, -0.1) is 0 Å². The maximum Gasteiger partial charge on any atom is 0.288 e. The standard InChI is InChI=1S/C13H12ClN5O3/c1-7-8(2)16-13(17-12(7)20)18-15-6-9-3-4-10(14)11(5-9)19(21)22/h3-6H,1-2H3,(H2,16,17,18,20)/b15-6-. The van der Waals surface area contributed by atoms with Gasteiger partial charge in [0.15, 0.2) is 0 Å². The molecular weight excluding hydrogens is 310 g/mol. The molecule has 2 N–H and O–H groups in total. The fourth-order valence-electron chi connectivity index (χ4n) is 1.62. The molecule has 1 aromatic carbocycles. The number of hydrogen-bond acceptors (Lipinski definition) is 6. The van der Waals surface area contributed by atoms with Crippen molar-refractivity contribution in [1.29, 1.82) is 0 Å². The van der Waals surface area contributed by atoms with E-state index in [0.717, 1.165) is 0 Å². The smallest absolute Gasteiger partial charge is 0.288 e. The molecule has 1 heterocycles. The van der Waals surface area contributed by atoms with E-state index in [1.165, 1.54) is 18.3 Å². The zero-order valence-electron chi connectivity index (χ0n) is 11.8. The number of aromatic amines is 1. The van der Waals surface area contributed by atoms with Gasteiger partial charge in [-0.3, -0.25) is 19.9 Å². The summed E-state index contributed by atoms with van der Waals surface area (Å²) in [5, 5.41) is 14.7. The molecule has 114 valence electrons. The molecule has 2 aromatic rings. The summed E-state index contributed by atoms with van der Waals surface area (Å²) in [6.07, 6.45) is 1.36. The predicted molar refractivity (Wildman–Crippen MR) is 83.7 cm³/mol. The SMILES string of the molecule is Cc1nc(N/N=C\c2ccc(Cl)c([N+](=O)[O-])c2)[nH]c(=O)c1C. The van der Waals surface area contributed by atoms with Gasteiger partial charge in [-0.25, -0.2) is 10.4 Å². The van der Waals surface area contributed by atoms with Crippen molar-refractivity contribution in [3.05, 3.63) is 60.5 Å². The molecular formula is C13H12ClN5O3. The number of H-pyrrole nitrogens is 1. The largest absolute Gasteiger partial charge is 0.291 e. The van der Waals surface area contributed by atoms with Crippen molar-refractivity contribution < 1.29 is 4.92 Å². The highest BCUT2D eigenvalue weighted by atomic mass is 35.5. The third-order valence-electron chi connectivity index (χ3n) is 2.95. The van der Waals surface area contributed by atoms with E-state index in [2.05, 4.69) is 20.5 Å². The zero-order valence-corrected chi connectivity index (χ0v) is 12.5. The molecule has 0 fully saturated rings. The van der Waals surface area contributed by atoms with Gasteiger partial charge in [0.2, 0.25) is 5.95 Å². The summed E-state index contributed by atoms with van der Waals surface area (Å²) in [5.41, 5.74) is 3.70. The Balaban J connectivity index is 2.18. The lowest BCUT2D eigenvalue weighted by Gasteiger charge is -2.02. The zero-order chi connectivity index (χ0) is 16.3. The fraction of sp³-hybridized carbons (Fsp3) is 0.154. The third kappa shape index (κ3) is 3.47. The van der Waals surface area contributed by atoms with Crippen molar-refractivity contribution >= 4 is 29.5 Å². The molecule has 9 heteroatoms. The number of benzene rings is 1. The van der Waals surface area contributed by atoms with E-state index in [4.69, 9.17) is 11.6 Å². The highest BCUT2D eigenvalue weighted by Crippen LogP contribution is 2.24. The van der Waals surface area contributed by atoms with Gasteiger partial charge in [0.1, 0.15) is 5.02 Å². The topological polar surface area (TPSA) is 113 Å². The van der Waals surface area contributed by atoms with Crippen molar-refractivity contribution in [3.63, 3.8) is 0 Å². The maximum absolute atomic E-state index is 11.6. The highest BCUT2D eigenvalue weighted by Gasteiger charge is 2.11. The van der Waals surface area contributed by atoms with Gasteiger partial charge in [0.05, 0.1) is 11.1 Å². The average Bonchev–Trinajstić information content (AvgIpc) is 2.46. The van der Waals surface area contributed by atoms with E-state index in [1.54, 1.807) is 19.9 Å². The number of nitro groups is 1. The van der Waals surface area contributed by atoms with Crippen LogP contribution < -0.4 is 11.0 Å². The van der Waals surface area contributed by atoms with Crippen LogP contribution in [0, 0.1) is 24.0 Å². The van der Waals surface area contributed by atoms with Crippen LogP contribution in [0.5, 0.6) is 0 Å². The van der Waals surface area contributed by atoms with Gasteiger partial charge in [-0.1, -0.05) is 17.7 Å². The van der Waals surface area contributed by atoms with Crippen molar-refractivity contribution in [2.24, 2.45) is 5.10 Å². The van der Waals surface area contributed by atoms with Gasteiger partial charge < -0.3 is 0 Å². The lowest BCUT2D eigenvalue weighted by molar-refractivity contribution is -0.384. The first-order valence-corrected chi connectivity index (χ1v) is 6.57. The second-order valence-electron chi connectivity index (χ2n) is 4.46. The summed E-state index contributed by atoms with van der Waals surface area (Å²) in [7, 11) is 0. The first-order valence-electron chi connectivity index (χ1n) is 6.19. The number of rotatable bonds is 4.